The Morgan fingerprint density at radius 3 is 2.48 bits per heavy atom. The Balaban J connectivity index is 1.51. The summed E-state index contributed by atoms with van der Waals surface area (Å²) in [6.45, 7) is 5.71. The Morgan fingerprint density at radius 1 is 1.03 bits per heavy atom. The third-order valence-electron chi connectivity index (χ3n) is 6.03. The first-order chi connectivity index (χ1) is 14.0. The highest BCUT2D eigenvalue weighted by atomic mass is 19.2. The van der Waals surface area contributed by atoms with E-state index < -0.39 is 11.6 Å². The second-order valence-electron chi connectivity index (χ2n) is 8.04. The highest BCUT2D eigenvalue weighted by molar-refractivity contribution is 5.31. The monoisotopic (exact) mass is 402 g/mol. The summed E-state index contributed by atoms with van der Waals surface area (Å²) in [7, 11) is 0. The fourth-order valence-corrected chi connectivity index (χ4v) is 4.19. The van der Waals surface area contributed by atoms with Crippen LogP contribution in [-0.2, 0) is 6.42 Å². The summed E-state index contributed by atoms with van der Waals surface area (Å²) in [6, 6.07) is 8.47. The van der Waals surface area contributed by atoms with Gasteiger partial charge in [0.15, 0.2) is 11.6 Å². The van der Waals surface area contributed by atoms with E-state index in [1.54, 1.807) is 25.1 Å². The first-order valence-electron chi connectivity index (χ1n) is 10.5. The lowest BCUT2D eigenvalue weighted by atomic mass is 9.76. The SMILES string of the molecule is C=CCCOc1ccc(C2CCC(CCc3ccc(C)c(F)c3F)CC2)c(F)c1. The first-order valence-corrected chi connectivity index (χ1v) is 10.5. The molecule has 0 amide bonds. The second-order valence-corrected chi connectivity index (χ2v) is 8.04. The number of aryl methyl sites for hydroxylation is 2. The Morgan fingerprint density at radius 2 is 1.79 bits per heavy atom. The zero-order valence-corrected chi connectivity index (χ0v) is 17.0. The zero-order valence-electron chi connectivity index (χ0n) is 17.0. The predicted molar refractivity (Wildman–Crippen MR) is 111 cm³/mol. The molecule has 0 radical (unpaired) electrons. The summed E-state index contributed by atoms with van der Waals surface area (Å²) in [4.78, 5) is 0. The molecule has 2 aromatic rings. The molecule has 0 aromatic heterocycles. The third-order valence-corrected chi connectivity index (χ3v) is 6.03. The summed E-state index contributed by atoms with van der Waals surface area (Å²) in [5, 5.41) is 0. The molecule has 0 bridgehead atoms. The normalized spacial score (nSPS) is 19.2. The van der Waals surface area contributed by atoms with E-state index in [-0.39, 0.29) is 11.7 Å². The molecule has 29 heavy (non-hydrogen) atoms. The van der Waals surface area contributed by atoms with Crippen molar-refractivity contribution in [3.05, 3.63) is 77.1 Å². The molecule has 1 nitrogen and oxygen atoms in total. The van der Waals surface area contributed by atoms with E-state index >= 15 is 0 Å². The lowest BCUT2D eigenvalue weighted by molar-refractivity contribution is 0.303. The Labute approximate surface area is 171 Å². The number of ether oxygens (including phenoxy) is 1. The van der Waals surface area contributed by atoms with Gasteiger partial charge in [-0.1, -0.05) is 24.3 Å². The molecule has 0 heterocycles. The molecule has 1 saturated carbocycles. The summed E-state index contributed by atoms with van der Waals surface area (Å²) < 4.78 is 47.8. The molecular formula is C25H29F3O. The molecule has 1 fully saturated rings. The second kappa shape index (κ2) is 10.00. The molecule has 0 N–H and O–H groups in total. The zero-order chi connectivity index (χ0) is 20.8. The highest BCUT2D eigenvalue weighted by Crippen LogP contribution is 2.39. The largest absolute Gasteiger partial charge is 0.493 e. The minimum atomic E-state index is -0.737. The van der Waals surface area contributed by atoms with Crippen LogP contribution in [0.4, 0.5) is 13.2 Å². The summed E-state index contributed by atoms with van der Waals surface area (Å²) in [6.07, 6.45) is 7.69. The minimum absolute atomic E-state index is 0.207. The van der Waals surface area contributed by atoms with Gasteiger partial charge in [-0.05, 0) is 86.5 Å². The van der Waals surface area contributed by atoms with Gasteiger partial charge in [0, 0.05) is 6.07 Å². The fraction of sp³-hybridized carbons (Fsp3) is 0.440. The van der Waals surface area contributed by atoms with Crippen molar-refractivity contribution in [3.8, 4) is 5.75 Å². The average Bonchev–Trinajstić information content (AvgIpc) is 2.72. The molecule has 1 aliphatic carbocycles. The molecule has 0 atom stereocenters. The number of halogens is 3. The maximum absolute atomic E-state index is 14.5. The molecule has 0 aliphatic heterocycles. The number of hydrogen-bond acceptors (Lipinski definition) is 1. The van der Waals surface area contributed by atoms with E-state index in [4.69, 9.17) is 4.74 Å². The van der Waals surface area contributed by atoms with E-state index in [1.807, 2.05) is 12.1 Å². The van der Waals surface area contributed by atoms with E-state index in [0.717, 1.165) is 44.1 Å². The topological polar surface area (TPSA) is 9.23 Å². The molecule has 0 unspecified atom stereocenters. The van der Waals surface area contributed by atoms with Crippen molar-refractivity contribution in [1.29, 1.82) is 0 Å². The van der Waals surface area contributed by atoms with Crippen molar-refractivity contribution in [3.63, 3.8) is 0 Å². The standard InChI is InChI=1S/C25H29F3O/c1-3-4-15-29-21-13-14-22(23(26)16-21)19-10-6-18(7-11-19)8-12-20-9-5-17(2)24(27)25(20)28/h3,5,9,13-14,16,18-19H,1,4,6-8,10-12,15H2,2H3. The number of benzene rings is 2. The van der Waals surface area contributed by atoms with Gasteiger partial charge in [0.25, 0.3) is 0 Å². The molecule has 156 valence electrons. The summed E-state index contributed by atoms with van der Waals surface area (Å²) in [5.41, 5.74) is 1.55. The van der Waals surface area contributed by atoms with Gasteiger partial charge in [-0.3, -0.25) is 0 Å². The van der Waals surface area contributed by atoms with Gasteiger partial charge in [0.05, 0.1) is 6.61 Å². The first kappa shape index (κ1) is 21.5. The third kappa shape index (κ3) is 5.43. The van der Waals surface area contributed by atoms with Gasteiger partial charge in [-0.15, -0.1) is 6.58 Å². The molecule has 3 rings (SSSR count). The Kier molecular flexibility index (Phi) is 7.40. The van der Waals surface area contributed by atoms with Crippen LogP contribution >= 0.6 is 0 Å². The fourth-order valence-electron chi connectivity index (χ4n) is 4.19. The van der Waals surface area contributed by atoms with Gasteiger partial charge in [0.2, 0.25) is 0 Å². The maximum atomic E-state index is 14.5. The molecule has 0 spiro atoms. The quantitative estimate of drug-likeness (QED) is 0.333. The van der Waals surface area contributed by atoms with Crippen LogP contribution in [0.5, 0.6) is 5.75 Å². The van der Waals surface area contributed by atoms with Crippen LogP contribution < -0.4 is 4.74 Å². The van der Waals surface area contributed by atoms with Crippen molar-refractivity contribution in [2.24, 2.45) is 5.92 Å². The van der Waals surface area contributed by atoms with Crippen molar-refractivity contribution in [1.82, 2.24) is 0 Å². The lowest BCUT2D eigenvalue weighted by Gasteiger charge is -2.29. The number of hydrogen-bond donors (Lipinski definition) is 0. The Bertz CT molecular complexity index is 838. The van der Waals surface area contributed by atoms with Crippen LogP contribution in [0, 0.1) is 30.3 Å². The van der Waals surface area contributed by atoms with Gasteiger partial charge in [-0.25, -0.2) is 13.2 Å². The van der Waals surface area contributed by atoms with Crippen molar-refractivity contribution < 1.29 is 17.9 Å². The molecule has 0 saturated heterocycles. The van der Waals surface area contributed by atoms with Crippen LogP contribution in [0.3, 0.4) is 0 Å². The maximum Gasteiger partial charge on any atom is 0.162 e. The van der Waals surface area contributed by atoms with Gasteiger partial charge >= 0.3 is 0 Å². The van der Waals surface area contributed by atoms with Gasteiger partial charge in [0.1, 0.15) is 11.6 Å². The minimum Gasteiger partial charge on any atom is -0.493 e. The van der Waals surface area contributed by atoms with E-state index in [1.165, 1.54) is 6.07 Å². The van der Waals surface area contributed by atoms with E-state index in [2.05, 4.69) is 6.58 Å². The van der Waals surface area contributed by atoms with Gasteiger partial charge < -0.3 is 4.74 Å². The van der Waals surface area contributed by atoms with Crippen molar-refractivity contribution in [2.75, 3.05) is 6.61 Å². The number of rotatable bonds is 8. The van der Waals surface area contributed by atoms with Crippen molar-refractivity contribution in [2.45, 2.75) is 57.8 Å². The van der Waals surface area contributed by atoms with Crippen LogP contribution in [0.15, 0.2) is 43.0 Å². The smallest absolute Gasteiger partial charge is 0.162 e. The van der Waals surface area contributed by atoms with Crippen LogP contribution in [-0.4, -0.2) is 6.61 Å². The van der Waals surface area contributed by atoms with Gasteiger partial charge in [-0.2, -0.15) is 0 Å². The van der Waals surface area contributed by atoms with Crippen molar-refractivity contribution >= 4 is 0 Å². The Hall–Kier alpha value is -2.23. The molecular weight excluding hydrogens is 373 g/mol. The lowest BCUT2D eigenvalue weighted by Crippen LogP contribution is -2.15. The summed E-state index contributed by atoms with van der Waals surface area (Å²) >= 11 is 0. The summed E-state index contributed by atoms with van der Waals surface area (Å²) in [5.74, 6) is -0.424. The molecule has 2 aromatic carbocycles. The van der Waals surface area contributed by atoms with Crippen LogP contribution in [0.1, 0.15) is 61.1 Å². The van der Waals surface area contributed by atoms with Crippen LogP contribution in [0.25, 0.3) is 0 Å². The predicted octanol–water partition coefficient (Wildman–Crippen LogP) is 7.27. The van der Waals surface area contributed by atoms with E-state index in [0.29, 0.717) is 35.8 Å². The molecule has 4 heteroatoms. The van der Waals surface area contributed by atoms with E-state index in [9.17, 15) is 13.2 Å². The molecule has 1 aliphatic rings. The highest BCUT2D eigenvalue weighted by Gasteiger charge is 2.25. The average molecular weight is 403 g/mol. The van der Waals surface area contributed by atoms with Crippen LogP contribution in [0.2, 0.25) is 0 Å².